The van der Waals surface area contributed by atoms with E-state index in [1.807, 2.05) is 6.92 Å². The quantitative estimate of drug-likeness (QED) is 0.298. The number of hydrogen-bond acceptors (Lipinski definition) is 3. The summed E-state index contributed by atoms with van der Waals surface area (Å²) in [5, 5.41) is 12.8. The first-order chi connectivity index (χ1) is 9.92. The predicted octanol–water partition coefficient (Wildman–Crippen LogP) is 0.456. The molecule has 1 rings (SSSR count). The van der Waals surface area contributed by atoms with Crippen LogP contribution in [0.3, 0.4) is 0 Å². The van der Waals surface area contributed by atoms with Crippen LogP contribution in [0.2, 0.25) is 0 Å². The summed E-state index contributed by atoms with van der Waals surface area (Å²) < 4.78 is 0. The number of nitrogens with zero attached hydrogens (tertiary/aromatic N) is 1. The number of hydrogen-bond donors (Lipinski definition) is 4. The van der Waals surface area contributed by atoms with Crippen LogP contribution >= 0.6 is 0 Å². The Morgan fingerprint density at radius 2 is 1.76 bits per heavy atom. The molecular formula is C15H31N5O. The van der Waals surface area contributed by atoms with Crippen molar-refractivity contribution in [1.29, 1.82) is 0 Å². The van der Waals surface area contributed by atoms with E-state index >= 15 is 0 Å². The first-order valence-corrected chi connectivity index (χ1v) is 7.97. The fraction of sp³-hybridized carbons (Fsp3) is 0.867. The average molecular weight is 297 g/mol. The molecule has 4 N–H and O–H groups in total. The molecule has 0 aliphatic heterocycles. The molecule has 0 heterocycles. The van der Waals surface area contributed by atoms with Gasteiger partial charge >= 0.3 is 0 Å². The molecule has 0 spiro atoms. The first kappa shape index (κ1) is 17.8. The highest BCUT2D eigenvalue weighted by Gasteiger charge is 2.28. The number of nitrogens with one attached hydrogen (secondary N) is 4. The predicted molar refractivity (Wildman–Crippen MR) is 87.5 cm³/mol. The molecule has 21 heavy (non-hydrogen) atoms. The van der Waals surface area contributed by atoms with E-state index in [1.165, 1.54) is 0 Å². The molecule has 0 aromatic rings. The monoisotopic (exact) mass is 297 g/mol. The largest absolute Gasteiger partial charge is 0.357 e. The third-order valence-electron chi connectivity index (χ3n) is 3.05. The van der Waals surface area contributed by atoms with Crippen LogP contribution in [-0.2, 0) is 4.79 Å². The second-order valence-corrected chi connectivity index (χ2v) is 6.43. The van der Waals surface area contributed by atoms with Crippen molar-refractivity contribution in [3.8, 4) is 0 Å². The lowest BCUT2D eigenvalue weighted by atomic mass is 10.1. The van der Waals surface area contributed by atoms with Gasteiger partial charge in [0, 0.05) is 37.6 Å². The third kappa shape index (κ3) is 9.28. The van der Waals surface area contributed by atoms with Gasteiger partial charge < -0.3 is 21.3 Å². The van der Waals surface area contributed by atoms with Gasteiger partial charge in [-0.1, -0.05) is 0 Å². The fourth-order valence-electron chi connectivity index (χ4n) is 1.80. The Kier molecular flexibility index (Phi) is 7.50. The molecule has 0 atom stereocenters. The van der Waals surface area contributed by atoms with Crippen molar-refractivity contribution in [3.63, 3.8) is 0 Å². The summed E-state index contributed by atoms with van der Waals surface area (Å²) in [5.74, 6) is 1.26. The zero-order valence-electron chi connectivity index (χ0n) is 13.9. The molecule has 0 unspecified atom stereocenters. The van der Waals surface area contributed by atoms with Gasteiger partial charge in [-0.05, 0) is 40.5 Å². The number of carbonyl (C=O) groups excluding carboxylic acids is 1. The van der Waals surface area contributed by atoms with Gasteiger partial charge in [-0.15, -0.1) is 0 Å². The van der Waals surface area contributed by atoms with E-state index in [-0.39, 0.29) is 17.4 Å². The van der Waals surface area contributed by atoms with Crippen LogP contribution in [-0.4, -0.2) is 50.1 Å². The Morgan fingerprint density at radius 3 is 2.33 bits per heavy atom. The Morgan fingerprint density at radius 1 is 1.10 bits per heavy atom. The highest BCUT2D eigenvalue weighted by molar-refractivity contribution is 5.81. The number of carbonyl (C=O) groups is 1. The molecular weight excluding hydrogens is 266 g/mol. The summed E-state index contributed by atoms with van der Waals surface area (Å²) >= 11 is 0. The number of rotatable bonds is 8. The van der Waals surface area contributed by atoms with Crippen molar-refractivity contribution in [2.24, 2.45) is 10.9 Å². The summed E-state index contributed by atoms with van der Waals surface area (Å²) in [6, 6.07) is 0. The van der Waals surface area contributed by atoms with Crippen molar-refractivity contribution in [1.82, 2.24) is 21.3 Å². The molecule has 1 saturated carbocycles. The van der Waals surface area contributed by atoms with E-state index in [4.69, 9.17) is 0 Å². The lowest BCUT2D eigenvalue weighted by Gasteiger charge is -2.20. The minimum Gasteiger partial charge on any atom is -0.357 e. The zero-order valence-corrected chi connectivity index (χ0v) is 13.9. The molecule has 6 heteroatoms. The van der Waals surface area contributed by atoms with Crippen LogP contribution in [0, 0.1) is 5.92 Å². The van der Waals surface area contributed by atoms with Gasteiger partial charge in [0.05, 0.1) is 6.54 Å². The van der Waals surface area contributed by atoms with Crippen LogP contribution in [0.4, 0.5) is 0 Å². The fourth-order valence-corrected chi connectivity index (χ4v) is 1.80. The minimum atomic E-state index is 0.119. The zero-order chi connectivity index (χ0) is 15.7. The van der Waals surface area contributed by atoms with Crippen LogP contribution < -0.4 is 21.3 Å². The van der Waals surface area contributed by atoms with Crippen molar-refractivity contribution in [2.45, 2.75) is 46.1 Å². The molecule has 122 valence electrons. The van der Waals surface area contributed by atoms with Gasteiger partial charge in [0.2, 0.25) is 5.91 Å². The Hall–Kier alpha value is -1.30. The van der Waals surface area contributed by atoms with Gasteiger partial charge in [-0.25, -0.2) is 0 Å². The third-order valence-corrected chi connectivity index (χ3v) is 3.05. The highest BCUT2D eigenvalue weighted by atomic mass is 16.2. The van der Waals surface area contributed by atoms with Gasteiger partial charge in [0.15, 0.2) is 5.96 Å². The molecule has 1 aliphatic carbocycles. The van der Waals surface area contributed by atoms with Crippen LogP contribution in [0.25, 0.3) is 0 Å². The Bertz CT molecular complexity index is 344. The summed E-state index contributed by atoms with van der Waals surface area (Å²) in [5.41, 5.74) is 0.119. The second-order valence-electron chi connectivity index (χ2n) is 6.43. The highest BCUT2D eigenvalue weighted by Crippen LogP contribution is 2.28. The molecule has 0 radical (unpaired) electrons. The van der Waals surface area contributed by atoms with Crippen molar-refractivity contribution < 1.29 is 4.79 Å². The maximum Gasteiger partial charge on any atom is 0.223 e. The molecule has 1 fully saturated rings. The summed E-state index contributed by atoms with van der Waals surface area (Å²) in [7, 11) is 0. The lowest BCUT2D eigenvalue weighted by Crippen LogP contribution is -2.42. The molecule has 1 amide bonds. The topological polar surface area (TPSA) is 77.6 Å². The molecule has 0 aromatic heterocycles. The van der Waals surface area contributed by atoms with Crippen LogP contribution in [0.5, 0.6) is 0 Å². The number of guanidine groups is 1. The summed E-state index contributed by atoms with van der Waals surface area (Å²) in [6.07, 6.45) is 2.09. The van der Waals surface area contributed by atoms with Gasteiger partial charge in [-0.3, -0.25) is 9.79 Å². The average Bonchev–Trinajstić information content (AvgIpc) is 3.22. The van der Waals surface area contributed by atoms with Crippen molar-refractivity contribution in [3.05, 3.63) is 0 Å². The normalized spacial score (nSPS) is 15.7. The maximum absolute atomic E-state index is 11.5. The van der Waals surface area contributed by atoms with E-state index in [0.29, 0.717) is 13.1 Å². The molecule has 1 aliphatic rings. The van der Waals surface area contributed by atoms with Crippen molar-refractivity contribution >= 4 is 11.9 Å². The van der Waals surface area contributed by atoms with Gasteiger partial charge in [0.1, 0.15) is 0 Å². The summed E-state index contributed by atoms with van der Waals surface area (Å²) in [6.45, 7) is 12.2. The minimum absolute atomic E-state index is 0.119. The smallest absolute Gasteiger partial charge is 0.223 e. The van der Waals surface area contributed by atoms with Crippen molar-refractivity contribution in [2.75, 3.05) is 32.7 Å². The Labute approximate surface area is 128 Å². The molecule has 0 bridgehead atoms. The van der Waals surface area contributed by atoms with E-state index in [1.54, 1.807) is 0 Å². The maximum atomic E-state index is 11.5. The standard InChI is InChI=1S/C15H31N5O/c1-5-16-14(19-10-11-20-15(2,3)4)18-9-8-17-13(21)12-6-7-12/h12,20H,5-11H2,1-4H3,(H,17,21)(H2,16,18,19). The van der Waals surface area contributed by atoms with E-state index < -0.39 is 0 Å². The van der Waals surface area contributed by atoms with Crippen LogP contribution in [0.1, 0.15) is 40.5 Å². The van der Waals surface area contributed by atoms with E-state index in [2.05, 4.69) is 47.0 Å². The van der Waals surface area contributed by atoms with E-state index in [0.717, 1.165) is 38.4 Å². The number of amides is 1. The van der Waals surface area contributed by atoms with Crippen LogP contribution in [0.15, 0.2) is 4.99 Å². The second kappa shape index (κ2) is 8.87. The van der Waals surface area contributed by atoms with Gasteiger partial charge in [0.25, 0.3) is 0 Å². The first-order valence-electron chi connectivity index (χ1n) is 7.97. The molecule has 0 aromatic carbocycles. The summed E-state index contributed by atoms with van der Waals surface area (Å²) in [4.78, 5) is 16.0. The van der Waals surface area contributed by atoms with Gasteiger partial charge in [-0.2, -0.15) is 0 Å². The van der Waals surface area contributed by atoms with E-state index in [9.17, 15) is 4.79 Å². The lowest BCUT2D eigenvalue weighted by molar-refractivity contribution is -0.122. The Balaban J connectivity index is 2.16. The number of aliphatic imine (C=N–C) groups is 1. The molecule has 6 nitrogen and oxygen atoms in total. The molecule has 0 saturated heterocycles. The SMILES string of the molecule is CCNC(=NCCNC(C)(C)C)NCCNC(=O)C1CC1.